The molecule has 1 atom stereocenters. The highest BCUT2D eigenvalue weighted by Gasteiger charge is 2.22. The highest BCUT2D eigenvalue weighted by Crippen LogP contribution is 2.27. The van der Waals surface area contributed by atoms with Gasteiger partial charge in [0.25, 0.3) is 0 Å². The molecular formula is C26H44O2. The molecule has 1 aromatic carbocycles. The molecule has 1 rings (SSSR count). The van der Waals surface area contributed by atoms with Gasteiger partial charge >= 0.3 is 5.97 Å². The highest BCUT2D eigenvalue weighted by atomic mass is 16.5. The quantitative estimate of drug-likeness (QED) is 0.199. The van der Waals surface area contributed by atoms with Crippen LogP contribution in [-0.4, -0.2) is 13.1 Å². The van der Waals surface area contributed by atoms with Gasteiger partial charge in [0.05, 0.1) is 13.0 Å². The van der Waals surface area contributed by atoms with Crippen molar-refractivity contribution < 1.29 is 9.53 Å². The average molecular weight is 389 g/mol. The number of rotatable bonds is 17. The first kappa shape index (κ1) is 24.7. The lowest BCUT2D eigenvalue weighted by Gasteiger charge is -2.17. The van der Waals surface area contributed by atoms with Crippen molar-refractivity contribution in [2.75, 3.05) is 7.11 Å². The van der Waals surface area contributed by atoms with Crippen molar-refractivity contribution in [1.29, 1.82) is 0 Å². The molecule has 28 heavy (non-hydrogen) atoms. The van der Waals surface area contributed by atoms with Gasteiger partial charge in [0.15, 0.2) is 0 Å². The fourth-order valence-corrected chi connectivity index (χ4v) is 4.06. The fraction of sp³-hybridized carbons (Fsp3) is 0.731. The maximum Gasteiger partial charge on any atom is 0.313 e. The maximum absolute atomic E-state index is 12.2. The van der Waals surface area contributed by atoms with E-state index in [2.05, 4.69) is 26.0 Å². The zero-order valence-electron chi connectivity index (χ0n) is 18.8. The maximum atomic E-state index is 12.2. The molecule has 0 aliphatic carbocycles. The minimum Gasteiger partial charge on any atom is -0.469 e. The van der Waals surface area contributed by atoms with Crippen LogP contribution in [0.2, 0.25) is 0 Å². The smallest absolute Gasteiger partial charge is 0.313 e. The molecule has 0 bridgehead atoms. The fourth-order valence-electron chi connectivity index (χ4n) is 4.06. The van der Waals surface area contributed by atoms with Crippen molar-refractivity contribution in [2.45, 2.75) is 116 Å². The molecule has 2 nitrogen and oxygen atoms in total. The molecular weight excluding hydrogens is 344 g/mol. The normalized spacial score (nSPS) is 12.1. The molecule has 0 radical (unpaired) electrons. The van der Waals surface area contributed by atoms with E-state index in [4.69, 9.17) is 4.74 Å². The number of aryl methyl sites for hydroxylation is 1. The topological polar surface area (TPSA) is 26.3 Å². The van der Waals surface area contributed by atoms with Crippen LogP contribution in [-0.2, 0) is 9.53 Å². The van der Waals surface area contributed by atoms with Gasteiger partial charge in [0.1, 0.15) is 0 Å². The Labute approximate surface area is 174 Å². The van der Waals surface area contributed by atoms with Crippen molar-refractivity contribution in [3.05, 3.63) is 35.4 Å². The molecule has 0 N–H and O–H groups in total. The van der Waals surface area contributed by atoms with E-state index in [1.54, 1.807) is 0 Å². The summed E-state index contributed by atoms with van der Waals surface area (Å²) in [6.07, 6.45) is 19.9. The molecule has 0 amide bonds. The number of methoxy groups -OCH3 is 1. The Bertz CT molecular complexity index is 509. The number of unbranched alkanes of at least 4 members (excludes halogenated alkanes) is 13. The number of hydrogen-bond acceptors (Lipinski definition) is 2. The molecule has 0 saturated carbocycles. The summed E-state index contributed by atoms with van der Waals surface area (Å²) in [5, 5.41) is 0. The zero-order valence-corrected chi connectivity index (χ0v) is 18.8. The molecule has 160 valence electrons. The molecule has 0 aliphatic rings. The molecule has 0 fully saturated rings. The number of ether oxygens (including phenoxy) is 1. The van der Waals surface area contributed by atoms with Crippen LogP contribution in [0.4, 0.5) is 0 Å². The van der Waals surface area contributed by atoms with Gasteiger partial charge in [-0.2, -0.15) is 0 Å². The number of carbonyl (C=O) groups is 1. The second-order valence-corrected chi connectivity index (χ2v) is 8.32. The SMILES string of the molecule is CCCCCCCCCCCCCCCCC(C(=O)OC)c1ccccc1C. The second-order valence-electron chi connectivity index (χ2n) is 8.32. The molecule has 1 aromatic rings. The molecule has 1 unspecified atom stereocenters. The summed E-state index contributed by atoms with van der Waals surface area (Å²) in [7, 11) is 1.50. The predicted octanol–water partition coefficient (Wildman–Crippen LogP) is 8.12. The van der Waals surface area contributed by atoms with E-state index in [9.17, 15) is 4.79 Å². The Kier molecular flexibility index (Phi) is 14.7. The van der Waals surface area contributed by atoms with Crippen LogP contribution in [0.5, 0.6) is 0 Å². The van der Waals surface area contributed by atoms with Crippen LogP contribution in [0.15, 0.2) is 24.3 Å². The Balaban J connectivity index is 2.06. The van der Waals surface area contributed by atoms with E-state index in [-0.39, 0.29) is 11.9 Å². The summed E-state index contributed by atoms with van der Waals surface area (Å²) >= 11 is 0. The van der Waals surface area contributed by atoms with E-state index >= 15 is 0 Å². The van der Waals surface area contributed by atoms with Gasteiger partial charge in [-0.05, 0) is 24.5 Å². The van der Waals surface area contributed by atoms with Gasteiger partial charge < -0.3 is 4.74 Å². The van der Waals surface area contributed by atoms with Crippen LogP contribution in [0.25, 0.3) is 0 Å². The van der Waals surface area contributed by atoms with E-state index in [0.717, 1.165) is 18.4 Å². The first-order chi connectivity index (χ1) is 13.7. The van der Waals surface area contributed by atoms with E-state index in [1.165, 1.54) is 96.1 Å². The summed E-state index contributed by atoms with van der Waals surface area (Å²) in [5.41, 5.74) is 2.31. The summed E-state index contributed by atoms with van der Waals surface area (Å²) in [4.78, 5) is 12.2. The van der Waals surface area contributed by atoms with Gasteiger partial charge in [-0.1, -0.05) is 121 Å². The van der Waals surface area contributed by atoms with Gasteiger partial charge in [0.2, 0.25) is 0 Å². The summed E-state index contributed by atoms with van der Waals surface area (Å²) in [6.45, 7) is 4.36. The summed E-state index contributed by atoms with van der Waals surface area (Å²) < 4.78 is 5.05. The van der Waals surface area contributed by atoms with Gasteiger partial charge in [-0.3, -0.25) is 4.79 Å². The highest BCUT2D eigenvalue weighted by molar-refractivity contribution is 5.78. The molecule has 0 aromatic heterocycles. The third-order valence-corrected chi connectivity index (χ3v) is 5.90. The third kappa shape index (κ3) is 10.9. The first-order valence-corrected chi connectivity index (χ1v) is 11.8. The van der Waals surface area contributed by atoms with Crippen LogP contribution in [0, 0.1) is 6.92 Å². The van der Waals surface area contributed by atoms with Crippen LogP contribution < -0.4 is 0 Å². The minimum absolute atomic E-state index is 0.0935. The molecule has 0 aliphatic heterocycles. The van der Waals surface area contributed by atoms with E-state index in [0.29, 0.717) is 0 Å². The third-order valence-electron chi connectivity index (χ3n) is 5.90. The Morgan fingerprint density at radius 3 is 1.71 bits per heavy atom. The van der Waals surface area contributed by atoms with Gasteiger partial charge in [-0.25, -0.2) is 0 Å². The standard InChI is InChI=1S/C26H44O2/c1-4-5-6-7-8-9-10-11-12-13-14-15-16-17-22-25(26(27)28-3)24-21-19-18-20-23(24)2/h18-21,25H,4-17,22H2,1-3H3. The van der Waals surface area contributed by atoms with E-state index in [1.807, 2.05) is 12.1 Å². The molecule has 0 saturated heterocycles. The van der Waals surface area contributed by atoms with Gasteiger partial charge in [0, 0.05) is 0 Å². The minimum atomic E-state index is -0.108. The van der Waals surface area contributed by atoms with Crippen molar-refractivity contribution in [3.8, 4) is 0 Å². The number of esters is 1. The monoisotopic (exact) mass is 388 g/mol. The molecule has 0 heterocycles. The summed E-state index contributed by atoms with van der Waals surface area (Å²) in [6, 6.07) is 8.19. The van der Waals surface area contributed by atoms with Crippen molar-refractivity contribution >= 4 is 5.97 Å². The lowest BCUT2D eigenvalue weighted by molar-refractivity contribution is -0.142. The van der Waals surface area contributed by atoms with Crippen LogP contribution in [0.1, 0.15) is 120 Å². The van der Waals surface area contributed by atoms with Crippen LogP contribution in [0.3, 0.4) is 0 Å². The van der Waals surface area contributed by atoms with Crippen molar-refractivity contribution in [1.82, 2.24) is 0 Å². The average Bonchev–Trinajstić information content (AvgIpc) is 2.71. The Hall–Kier alpha value is -1.31. The summed E-state index contributed by atoms with van der Waals surface area (Å²) in [5.74, 6) is -0.201. The Morgan fingerprint density at radius 2 is 1.25 bits per heavy atom. The molecule has 0 spiro atoms. The zero-order chi connectivity index (χ0) is 20.5. The second kappa shape index (κ2) is 16.6. The first-order valence-electron chi connectivity index (χ1n) is 11.8. The van der Waals surface area contributed by atoms with Crippen molar-refractivity contribution in [3.63, 3.8) is 0 Å². The van der Waals surface area contributed by atoms with Crippen LogP contribution >= 0.6 is 0 Å². The van der Waals surface area contributed by atoms with E-state index < -0.39 is 0 Å². The predicted molar refractivity (Wildman–Crippen MR) is 121 cm³/mol. The lowest BCUT2D eigenvalue weighted by atomic mass is 9.90. The molecule has 2 heteroatoms. The van der Waals surface area contributed by atoms with Gasteiger partial charge in [-0.15, -0.1) is 0 Å². The number of hydrogen-bond donors (Lipinski definition) is 0. The Morgan fingerprint density at radius 1 is 0.786 bits per heavy atom. The number of carbonyl (C=O) groups excluding carboxylic acids is 1. The number of benzene rings is 1. The lowest BCUT2D eigenvalue weighted by Crippen LogP contribution is -2.15. The largest absolute Gasteiger partial charge is 0.469 e. The van der Waals surface area contributed by atoms with Crippen molar-refractivity contribution in [2.24, 2.45) is 0 Å².